The van der Waals surface area contributed by atoms with Gasteiger partial charge < -0.3 is 15.2 Å². The molecule has 5 nitrogen and oxygen atoms in total. The average molecular weight is 312 g/mol. The first-order chi connectivity index (χ1) is 9.66. The summed E-state index contributed by atoms with van der Waals surface area (Å²) in [7, 11) is 0. The Morgan fingerprint density at radius 2 is 2.05 bits per heavy atom. The third kappa shape index (κ3) is 2.97. The second-order valence-corrected chi connectivity index (χ2v) is 6.51. The summed E-state index contributed by atoms with van der Waals surface area (Å²) in [6.45, 7) is 5.17. The Morgan fingerprint density at radius 3 is 2.62 bits per heavy atom. The normalized spacial score (nSPS) is 20.8. The lowest BCUT2D eigenvalue weighted by atomic mass is 9.92. The first-order valence-corrected chi connectivity index (χ1v) is 7.06. The Hall–Kier alpha value is -1.75. The number of carbonyl (C=O) groups excluding carboxylic acids is 1. The number of hydrogen-bond acceptors (Lipinski definition) is 3. The van der Waals surface area contributed by atoms with Gasteiger partial charge in [-0.25, -0.2) is 9.59 Å². The van der Waals surface area contributed by atoms with Gasteiger partial charge in [0.1, 0.15) is 5.60 Å². The molecule has 1 aliphatic carbocycles. The van der Waals surface area contributed by atoms with Gasteiger partial charge in [-0.05, 0) is 50.8 Å². The zero-order valence-electron chi connectivity index (χ0n) is 12.2. The molecule has 2 rings (SSSR count). The summed E-state index contributed by atoms with van der Waals surface area (Å²) >= 11 is 6.11. The second kappa shape index (κ2) is 5.22. The van der Waals surface area contributed by atoms with E-state index >= 15 is 0 Å². The van der Waals surface area contributed by atoms with E-state index in [0.717, 1.165) is 5.56 Å². The van der Waals surface area contributed by atoms with Gasteiger partial charge in [-0.3, -0.25) is 0 Å². The lowest BCUT2D eigenvalue weighted by Crippen LogP contribution is -2.51. The van der Waals surface area contributed by atoms with Crippen LogP contribution in [0.1, 0.15) is 38.3 Å². The second-order valence-electron chi connectivity index (χ2n) is 6.10. The van der Waals surface area contributed by atoms with Gasteiger partial charge in [0.05, 0.1) is 0 Å². The zero-order valence-corrected chi connectivity index (χ0v) is 13.0. The van der Waals surface area contributed by atoms with E-state index < -0.39 is 23.2 Å². The Bertz CT molecular complexity index is 594. The Morgan fingerprint density at radius 1 is 1.38 bits per heavy atom. The van der Waals surface area contributed by atoms with Crippen molar-refractivity contribution in [3.8, 4) is 0 Å². The molecule has 0 spiro atoms. The summed E-state index contributed by atoms with van der Waals surface area (Å²) in [5.41, 5.74) is -0.895. The maximum atomic E-state index is 12.0. The molecule has 0 radical (unpaired) electrons. The number of carboxylic acids is 1. The largest absolute Gasteiger partial charge is 0.479 e. The molecule has 0 fully saturated rings. The van der Waals surface area contributed by atoms with Crippen LogP contribution in [-0.4, -0.2) is 22.8 Å². The molecule has 1 unspecified atom stereocenters. The van der Waals surface area contributed by atoms with Gasteiger partial charge in [-0.15, -0.1) is 0 Å². The van der Waals surface area contributed by atoms with Crippen LogP contribution in [0.25, 0.3) is 0 Å². The third-order valence-corrected chi connectivity index (χ3v) is 3.76. The summed E-state index contributed by atoms with van der Waals surface area (Å²) in [5.74, 6) is -1.12. The molecular weight excluding hydrogens is 294 g/mol. The van der Waals surface area contributed by atoms with Crippen LogP contribution in [0.2, 0.25) is 5.02 Å². The minimum absolute atomic E-state index is 0.251. The number of alkyl carbamates (subject to hydrolysis) is 1. The summed E-state index contributed by atoms with van der Waals surface area (Å²) in [5, 5.41) is 12.7. The van der Waals surface area contributed by atoms with Crippen molar-refractivity contribution >= 4 is 23.7 Å². The maximum Gasteiger partial charge on any atom is 0.408 e. The monoisotopic (exact) mass is 311 g/mol. The molecule has 0 aliphatic heterocycles. The van der Waals surface area contributed by atoms with Gasteiger partial charge in [0.2, 0.25) is 0 Å². The van der Waals surface area contributed by atoms with Crippen molar-refractivity contribution in [3.05, 3.63) is 34.3 Å². The van der Waals surface area contributed by atoms with E-state index in [2.05, 4.69) is 5.32 Å². The van der Waals surface area contributed by atoms with Crippen molar-refractivity contribution in [1.82, 2.24) is 5.32 Å². The number of halogens is 1. The maximum absolute atomic E-state index is 12.0. The van der Waals surface area contributed by atoms with Gasteiger partial charge >= 0.3 is 12.1 Å². The number of aliphatic carboxylic acids is 1. The van der Waals surface area contributed by atoms with E-state index in [1.54, 1.807) is 39.0 Å². The highest BCUT2D eigenvalue weighted by Gasteiger charge is 2.48. The number of ether oxygens (including phenoxy) is 1. The lowest BCUT2D eigenvalue weighted by molar-refractivity contribution is -0.145. The van der Waals surface area contributed by atoms with E-state index in [1.165, 1.54) is 0 Å². The van der Waals surface area contributed by atoms with Crippen molar-refractivity contribution in [2.45, 2.75) is 44.8 Å². The molecule has 2 N–H and O–H groups in total. The van der Waals surface area contributed by atoms with Crippen LogP contribution in [0.15, 0.2) is 18.2 Å². The van der Waals surface area contributed by atoms with Crippen LogP contribution in [-0.2, 0) is 21.5 Å². The number of hydrogen-bond donors (Lipinski definition) is 2. The van der Waals surface area contributed by atoms with E-state index in [1.807, 2.05) is 0 Å². The van der Waals surface area contributed by atoms with Gasteiger partial charge in [-0.2, -0.15) is 0 Å². The summed E-state index contributed by atoms with van der Waals surface area (Å²) in [4.78, 5) is 23.8. The quantitative estimate of drug-likeness (QED) is 0.880. The summed E-state index contributed by atoms with van der Waals surface area (Å²) < 4.78 is 5.17. The van der Waals surface area contributed by atoms with E-state index in [0.29, 0.717) is 17.0 Å². The fourth-order valence-corrected chi connectivity index (χ4v) is 2.81. The Balaban J connectivity index is 2.36. The smallest absolute Gasteiger partial charge is 0.408 e. The molecule has 0 aromatic heterocycles. The number of carbonyl (C=O) groups is 2. The van der Waals surface area contributed by atoms with Gasteiger partial charge in [-0.1, -0.05) is 23.7 Å². The molecule has 0 saturated heterocycles. The topological polar surface area (TPSA) is 75.6 Å². The predicted octanol–water partition coefficient (Wildman–Crippen LogP) is 3.09. The molecule has 0 saturated carbocycles. The van der Waals surface area contributed by atoms with Crippen LogP contribution in [0.5, 0.6) is 0 Å². The van der Waals surface area contributed by atoms with Crippen LogP contribution in [0, 0.1) is 0 Å². The van der Waals surface area contributed by atoms with E-state index in [4.69, 9.17) is 16.3 Å². The molecule has 1 atom stereocenters. The molecule has 0 heterocycles. The van der Waals surface area contributed by atoms with Gasteiger partial charge in [0.25, 0.3) is 0 Å². The molecule has 6 heteroatoms. The van der Waals surface area contributed by atoms with Gasteiger partial charge in [0, 0.05) is 5.02 Å². The van der Waals surface area contributed by atoms with Crippen molar-refractivity contribution in [3.63, 3.8) is 0 Å². The molecule has 1 aromatic carbocycles. The summed E-state index contributed by atoms with van der Waals surface area (Å²) in [6, 6.07) is 5.08. The number of carboxylic acid groups (broad SMARTS) is 1. The molecule has 114 valence electrons. The van der Waals surface area contributed by atoms with E-state index in [-0.39, 0.29) is 6.42 Å². The minimum atomic E-state index is -1.48. The highest BCUT2D eigenvalue weighted by molar-refractivity contribution is 6.31. The van der Waals surface area contributed by atoms with Crippen LogP contribution < -0.4 is 5.32 Å². The Kier molecular flexibility index (Phi) is 3.89. The van der Waals surface area contributed by atoms with Crippen molar-refractivity contribution in [2.24, 2.45) is 0 Å². The molecule has 0 bridgehead atoms. The minimum Gasteiger partial charge on any atom is -0.479 e. The first-order valence-electron chi connectivity index (χ1n) is 6.68. The first kappa shape index (κ1) is 15.6. The predicted molar refractivity (Wildman–Crippen MR) is 78.5 cm³/mol. The van der Waals surface area contributed by atoms with Gasteiger partial charge in [0.15, 0.2) is 5.54 Å². The standard InChI is InChI=1S/C15H18ClNO4/c1-14(2,3)21-13(20)17-15(12(18)19)8-7-9-10(15)5-4-6-11(9)16/h4-6H,7-8H2,1-3H3,(H,17,20)(H,18,19). The van der Waals surface area contributed by atoms with Crippen molar-refractivity contribution in [1.29, 1.82) is 0 Å². The fraction of sp³-hybridized carbons (Fsp3) is 0.467. The highest BCUT2D eigenvalue weighted by atomic mass is 35.5. The van der Waals surface area contributed by atoms with Crippen molar-refractivity contribution in [2.75, 3.05) is 0 Å². The molecule has 1 aliphatic rings. The van der Waals surface area contributed by atoms with Crippen LogP contribution >= 0.6 is 11.6 Å². The van der Waals surface area contributed by atoms with E-state index in [9.17, 15) is 14.7 Å². The highest BCUT2D eigenvalue weighted by Crippen LogP contribution is 2.40. The third-order valence-electron chi connectivity index (χ3n) is 3.41. The number of fused-ring (bicyclic) bond motifs is 1. The van der Waals surface area contributed by atoms with Crippen LogP contribution in [0.4, 0.5) is 4.79 Å². The number of amides is 1. The van der Waals surface area contributed by atoms with Crippen LogP contribution in [0.3, 0.4) is 0 Å². The lowest BCUT2D eigenvalue weighted by Gasteiger charge is -2.29. The van der Waals surface area contributed by atoms with Crippen molar-refractivity contribution < 1.29 is 19.4 Å². The summed E-state index contributed by atoms with van der Waals surface area (Å²) in [6.07, 6.45) is -0.00434. The average Bonchev–Trinajstić information content (AvgIpc) is 2.68. The number of rotatable bonds is 2. The molecular formula is C15H18ClNO4. The molecule has 1 aromatic rings. The zero-order chi connectivity index (χ0) is 15.8. The number of benzene rings is 1. The SMILES string of the molecule is CC(C)(C)OC(=O)NC1(C(=O)O)CCc2c(Cl)cccc21. The molecule has 21 heavy (non-hydrogen) atoms. The number of nitrogens with one attached hydrogen (secondary N) is 1. The molecule has 1 amide bonds. The fourth-order valence-electron chi connectivity index (χ4n) is 2.54. The Labute approximate surface area is 128 Å².